The first kappa shape index (κ1) is 44.0. The minimum Gasteiger partial charge on any atom is -0.496 e. The molecule has 16 heteroatoms. The molecule has 1 fully saturated rings. The lowest BCUT2D eigenvalue weighted by Crippen LogP contribution is -2.63. The van der Waals surface area contributed by atoms with Crippen LogP contribution in [0.3, 0.4) is 0 Å². The van der Waals surface area contributed by atoms with Crippen LogP contribution in [0.2, 0.25) is 0 Å². The van der Waals surface area contributed by atoms with Crippen molar-refractivity contribution in [2.24, 2.45) is 0 Å². The molecule has 322 valence electrons. The standard InChI is InChI=1S/C46H42O16/c1-52-32-21-11-6-16-27(32)41(47)57-26-37-38(59-42(48)28-17-7-12-22-33(28)53-2)39(60-43(49)29-18-8-13-23-34(29)54-3)40(61-44(50)30-19-9-14-24-35(30)55-4)46(58-37)62-45(51)31-20-10-15-25-36(31)56-5/h6-25,37-40,46H,26H2,1-5H3/t37-,38-,39+,40-,46-/m1/s1. The summed E-state index contributed by atoms with van der Waals surface area (Å²) in [5.41, 5.74) is -0.222. The summed E-state index contributed by atoms with van der Waals surface area (Å²) in [6.07, 6.45) is -9.09. The number of rotatable bonds is 16. The molecule has 1 aliphatic rings. The molecule has 0 saturated carbocycles. The molecule has 0 aliphatic carbocycles. The second kappa shape index (κ2) is 20.6. The van der Waals surface area contributed by atoms with Crippen molar-refractivity contribution < 1.29 is 76.1 Å². The van der Waals surface area contributed by atoms with E-state index in [1.54, 1.807) is 66.7 Å². The molecule has 5 aromatic rings. The molecule has 0 aromatic heterocycles. The molecular formula is C46H42O16. The predicted molar refractivity (Wildman–Crippen MR) is 217 cm³/mol. The van der Waals surface area contributed by atoms with E-state index in [2.05, 4.69) is 0 Å². The quantitative estimate of drug-likeness (QED) is 0.0813. The van der Waals surface area contributed by atoms with Crippen LogP contribution in [0.4, 0.5) is 0 Å². The Morgan fingerprint density at radius 3 is 1.03 bits per heavy atom. The van der Waals surface area contributed by atoms with Crippen molar-refractivity contribution in [1.82, 2.24) is 0 Å². The Hall–Kier alpha value is -7.59. The fourth-order valence-electron chi connectivity index (χ4n) is 6.54. The summed E-state index contributed by atoms with van der Waals surface area (Å²) in [5.74, 6) is -4.32. The number of carbonyl (C=O) groups excluding carboxylic acids is 5. The van der Waals surface area contributed by atoms with Gasteiger partial charge in [-0.25, -0.2) is 24.0 Å². The van der Waals surface area contributed by atoms with E-state index in [4.69, 9.17) is 52.1 Å². The average molecular weight is 851 g/mol. The molecule has 0 N–H and O–H groups in total. The van der Waals surface area contributed by atoms with Crippen LogP contribution in [-0.2, 0) is 28.4 Å². The summed E-state index contributed by atoms with van der Waals surface area (Å²) < 4.78 is 63.3. The van der Waals surface area contributed by atoms with Crippen LogP contribution in [0.25, 0.3) is 0 Å². The van der Waals surface area contributed by atoms with Gasteiger partial charge in [0.25, 0.3) is 0 Å². The minimum absolute atomic E-state index is 0.0373. The number of hydrogen-bond acceptors (Lipinski definition) is 16. The normalized spacial score (nSPS) is 17.9. The minimum atomic E-state index is -1.95. The van der Waals surface area contributed by atoms with E-state index in [-0.39, 0.29) is 56.6 Å². The third kappa shape index (κ3) is 9.88. The molecule has 5 aromatic carbocycles. The SMILES string of the molecule is COc1ccccc1C(=O)OC[C@H]1O[C@H](OC(=O)c2ccccc2OC)[C@H](OC(=O)c2ccccc2OC)[C@@H](OC(=O)c2ccccc2OC)[C@@H]1OC(=O)c1ccccc1OC. The summed E-state index contributed by atoms with van der Waals surface area (Å²) >= 11 is 0. The van der Waals surface area contributed by atoms with Gasteiger partial charge >= 0.3 is 29.8 Å². The Morgan fingerprint density at radius 1 is 0.387 bits per heavy atom. The van der Waals surface area contributed by atoms with Crippen LogP contribution in [0, 0.1) is 0 Å². The lowest BCUT2D eigenvalue weighted by atomic mass is 9.97. The van der Waals surface area contributed by atoms with Gasteiger partial charge in [0.2, 0.25) is 12.4 Å². The summed E-state index contributed by atoms with van der Waals surface area (Å²) in [4.78, 5) is 70.2. The average Bonchev–Trinajstić information content (AvgIpc) is 3.32. The van der Waals surface area contributed by atoms with Gasteiger partial charge in [0.15, 0.2) is 12.2 Å². The van der Waals surface area contributed by atoms with Crippen LogP contribution in [0.1, 0.15) is 51.8 Å². The molecule has 1 aliphatic heterocycles. The predicted octanol–water partition coefficient (Wildman–Crippen LogP) is 6.15. The molecule has 62 heavy (non-hydrogen) atoms. The van der Waals surface area contributed by atoms with Crippen molar-refractivity contribution in [1.29, 1.82) is 0 Å². The number of esters is 5. The molecule has 0 unspecified atom stereocenters. The fourth-order valence-corrected chi connectivity index (χ4v) is 6.54. The maximum Gasteiger partial charge on any atom is 0.344 e. The summed E-state index contributed by atoms with van der Waals surface area (Å²) in [5, 5.41) is 0. The molecule has 6 rings (SSSR count). The van der Waals surface area contributed by atoms with Gasteiger partial charge in [-0.2, -0.15) is 0 Å². The molecule has 5 atom stereocenters. The van der Waals surface area contributed by atoms with Gasteiger partial charge in [0, 0.05) is 0 Å². The third-order valence-electron chi connectivity index (χ3n) is 9.56. The van der Waals surface area contributed by atoms with Crippen molar-refractivity contribution in [2.45, 2.75) is 30.7 Å². The van der Waals surface area contributed by atoms with E-state index in [1.807, 2.05) is 0 Å². The highest BCUT2D eigenvalue weighted by molar-refractivity contribution is 5.95. The van der Waals surface area contributed by atoms with Crippen molar-refractivity contribution in [2.75, 3.05) is 42.2 Å². The van der Waals surface area contributed by atoms with Crippen molar-refractivity contribution in [3.8, 4) is 28.7 Å². The van der Waals surface area contributed by atoms with Crippen LogP contribution < -0.4 is 23.7 Å². The Bertz CT molecular complexity index is 2390. The first-order valence-corrected chi connectivity index (χ1v) is 18.9. The molecule has 16 nitrogen and oxygen atoms in total. The van der Waals surface area contributed by atoms with Crippen molar-refractivity contribution in [3.05, 3.63) is 149 Å². The van der Waals surface area contributed by atoms with E-state index >= 15 is 0 Å². The maximum absolute atomic E-state index is 14.3. The van der Waals surface area contributed by atoms with E-state index in [1.165, 1.54) is 90.1 Å². The highest BCUT2D eigenvalue weighted by Crippen LogP contribution is 2.35. The fraction of sp³-hybridized carbons (Fsp3) is 0.239. The zero-order valence-electron chi connectivity index (χ0n) is 34.2. The Labute approximate surface area is 356 Å². The monoisotopic (exact) mass is 850 g/mol. The number of hydrogen-bond donors (Lipinski definition) is 0. The Kier molecular flexibility index (Phi) is 14.6. The van der Waals surface area contributed by atoms with Gasteiger partial charge in [-0.05, 0) is 60.7 Å². The first-order chi connectivity index (χ1) is 30.1. The Morgan fingerprint density at radius 2 is 0.677 bits per heavy atom. The number of ether oxygens (including phenoxy) is 11. The van der Waals surface area contributed by atoms with E-state index < -0.39 is 67.2 Å². The number of benzene rings is 5. The molecule has 1 saturated heterocycles. The van der Waals surface area contributed by atoms with Gasteiger partial charge in [-0.15, -0.1) is 0 Å². The van der Waals surface area contributed by atoms with Crippen LogP contribution in [0.15, 0.2) is 121 Å². The van der Waals surface area contributed by atoms with Crippen molar-refractivity contribution >= 4 is 29.8 Å². The van der Waals surface area contributed by atoms with Crippen LogP contribution in [0.5, 0.6) is 28.7 Å². The molecule has 0 spiro atoms. The zero-order chi connectivity index (χ0) is 44.2. The summed E-state index contributed by atoms with van der Waals surface area (Å²) in [6.45, 7) is -0.709. The highest BCUT2D eigenvalue weighted by Gasteiger charge is 2.55. The molecular weight excluding hydrogens is 808 g/mol. The maximum atomic E-state index is 14.3. The topological polar surface area (TPSA) is 187 Å². The number of methoxy groups -OCH3 is 5. The van der Waals surface area contributed by atoms with Gasteiger partial charge in [-0.1, -0.05) is 60.7 Å². The summed E-state index contributed by atoms with van der Waals surface area (Å²) in [7, 11) is 6.76. The summed E-state index contributed by atoms with van der Waals surface area (Å²) in [6, 6.07) is 30.7. The smallest absolute Gasteiger partial charge is 0.344 e. The number of carbonyl (C=O) groups is 5. The Balaban J connectivity index is 1.50. The second-order valence-corrected chi connectivity index (χ2v) is 13.2. The van der Waals surface area contributed by atoms with E-state index in [9.17, 15) is 24.0 Å². The van der Waals surface area contributed by atoms with Crippen molar-refractivity contribution in [3.63, 3.8) is 0 Å². The highest BCUT2D eigenvalue weighted by atomic mass is 16.7. The van der Waals surface area contributed by atoms with E-state index in [0.717, 1.165) is 0 Å². The van der Waals surface area contributed by atoms with Gasteiger partial charge in [0.05, 0.1) is 35.5 Å². The third-order valence-corrected chi connectivity index (χ3v) is 9.56. The van der Waals surface area contributed by atoms with E-state index in [0.29, 0.717) is 0 Å². The lowest BCUT2D eigenvalue weighted by Gasteiger charge is -2.44. The van der Waals surface area contributed by atoms with Crippen LogP contribution >= 0.6 is 0 Å². The van der Waals surface area contributed by atoms with Gasteiger partial charge in [0.1, 0.15) is 69.3 Å². The molecule has 0 bridgehead atoms. The molecule has 0 radical (unpaired) electrons. The first-order valence-electron chi connectivity index (χ1n) is 18.9. The number of para-hydroxylation sites is 5. The lowest BCUT2D eigenvalue weighted by molar-refractivity contribution is -0.283. The second-order valence-electron chi connectivity index (χ2n) is 13.2. The zero-order valence-corrected chi connectivity index (χ0v) is 34.2. The van der Waals surface area contributed by atoms with Crippen LogP contribution in [-0.4, -0.2) is 103 Å². The largest absolute Gasteiger partial charge is 0.496 e. The van der Waals surface area contributed by atoms with Gasteiger partial charge < -0.3 is 52.1 Å². The molecule has 0 amide bonds. The van der Waals surface area contributed by atoms with Gasteiger partial charge in [-0.3, -0.25) is 0 Å². The molecule has 1 heterocycles.